The van der Waals surface area contributed by atoms with E-state index in [2.05, 4.69) is 0 Å². The first-order valence-corrected chi connectivity index (χ1v) is 4.25. The third-order valence-corrected chi connectivity index (χ3v) is 2.65. The van der Waals surface area contributed by atoms with Gasteiger partial charge in [0.05, 0.1) is 18.1 Å². The van der Waals surface area contributed by atoms with Crippen LogP contribution in [0.25, 0.3) is 0 Å². The van der Waals surface area contributed by atoms with Crippen molar-refractivity contribution in [3.63, 3.8) is 0 Å². The van der Waals surface area contributed by atoms with Crippen molar-refractivity contribution < 1.29 is 10.2 Å². The maximum absolute atomic E-state index is 9.88. The van der Waals surface area contributed by atoms with Gasteiger partial charge in [0.15, 0.2) is 0 Å². The van der Waals surface area contributed by atoms with Gasteiger partial charge in [-0.15, -0.1) is 0 Å². The first-order valence-electron chi connectivity index (χ1n) is 4.25. The van der Waals surface area contributed by atoms with Gasteiger partial charge in [-0.25, -0.2) is 0 Å². The van der Waals surface area contributed by atoms with Gasteiger partial charge in [-0.1, -0.05) is 13.8 Å². The number of aliphatic hydroxyl groups is 2. The van der Waals surface area contributed by atoms with Crippen LogP contribution in [0.4, 0.5) is 0 Å². The molecular formula is C9H17NO2. The first-order chi connectivity index (χ1) is 5.43. The molecule has 0 aliphatic heterocycles. The summed E-state index contributed by atoms with van der Waals surface area (Å²) in [4.78, 5) is 0. The van der Waals surface area contributed by atoms with Gasteiger partial charge >= 0.3 is 0 Å². The SMILES string of the molecule is CCC(O)(CC#N)[C@@](C)(O)CC. The molecule has 0 aromatic rings. The number of hydrogen-bond donors (Lipinski definition) is 2. The van der Waals surface area contributed by atoms with Gasteiger partial charge in [-0.05, 0) is 19.8 Å². The average Bonchev–Trinajstić information content (AvgIpc) is 2.04. The zero-order chi connectivity index (χ0) is 9.83. The summed E-state index contributed by atoms with van der Waals surface area (Å²) < 4.78 is 0. The van der Waals surface area contributed by atoms with Crippen molar-refractivity contribution in [1.82, 2.24) is 0 Å². The lowest BCUT2D eigenvalue weighted by atomic mass is 9.78. The van der Waals surface area contributed by atoms with E-state index in [0.29, 0.717) is 12.8 Å². The van der Waals surface area contributed by atoms with Gasteiger partial charge in [0.25, 0.3) is 0 Å². The van der Waals surface area contributed by atoms with Gasteiger partial charge in [0, 0.05) is 0 Å². The van der Waals surface area contributed by atoms with Crippen molar-refractivity contribution in [3.8, 4) is 6.07 Å². The molecule has 0 radical (unpaired) electrons. The predicted molar refractivity (Wildman–Crippen MR) is 46.4 cm³/mol. The molecule has 3 nitrogen and oxygen atoms in total. The molecule has 2 atom stereocenters. The van der Waals surface area contributed by atoms with E-state index in [1.807, 2.05) is 6.07 Å². The van der Waals surface area contributed by atoms with Gasteiger partial charge < -0.3 is 10.2 Å². The van der Waals surface area contributed by atoms with E-state index in [1.54, 1.807) is 20.8 Å². The molecule has 3 heteroatoms. The fourth-order valence-corrected chi connectivity index (χ4v) is 1.16. The summed E-state index contributed by atoms with van der Waals surface area (Å²) in [5.41, 5.74) is -2.44. The van der Waals surface area contributed by atoms with E-state index in [9.17, 15) is 10.2 Å². The molecular weight excluding hydrogens is 154 g/mol. The van der Waals surface area contributed by atoms with Crippen LogP contribution in [0.3, 0.4) is 0 Å². The molecule has 0 amide bonds. The summed E-state index contributed by atoms with van der Waals surface area (Å²) in [6.45, 7) is 5.12. The Bertz CT molecular complexity index is 183. The monoisotopic (exact) mass is 171 g/mol. The molecule has 0 saturated carbocycles. The Hall–Kier alpha value is -0.590. The summed E-state index contributed by atoms with van der Waals surface area (Å²) in [5.74, 6) is 0. The highest BCUT2D eigenvalue weighted by molar-refractivity contribution is 5.00. The van der Waals surface area contributed by atoms with Crippen LogP contribution in [0.2, 0.25) is 0 Å². The second-order valence-corrected chi connectivity index (χ2v) is 3.35. The maximum Gasteiger partial charge on any atom is 0.106 e. The molecule has 0 aromatic heterocycles. The lowest BCUT2D eigenvalue weighted by Gasteiger charge is -2.38. The first kappa shape index (κ1) is 11.4. The van der Waals surface area contributed by atoms with Crippen molar-refractivity contribution >= 4 is 0 Å². The van der Waals surface area contributed by atoms with Crippen LogP contribution >= 0.6 is 0 Å². The summed E-state index contributed by atoms with van der Waals surface area (Å²) in [5, 5.41) is 28.1. The van der Waals surface area contributed by atoms with Crippen molar-refractivity contribution in [3.05, 3.63) is 0 Å². The van der Waals surface area contributed by atoms with Crippen LogP contribution in [-0.4, -0.2) is 21.4 Å². The number of hydrogen-bond acceptors (Lipinski definition) is 3. The van der Waals surface area contributed by atoms with Crippen LogP contribution in [0, 0.1) is 11.3 Å². The van der Waals surface area contributed by atoms with Crippen LogP contribution < -0.4 is 0 Å². The number of nitrogens with zero attached hydrogens (tertiary/aromatic N) is 1. The minimum Gasteiger partial charge on any atom is -0.387 e. The molecule has 0 rings (SSSR count). The van der Waals surface area contributed by atoms with Crippen molar-refractivity contribution in [2.75, 3.05) is 0 Å². The molecule has 0 aliphatic rings. The number of rotatable bonds is 4. The van der Waals surface area contributed by atoms with Gasteiger partial charge in [0.2, 0.25) is 0 Å². The largest absolute Gasteiger partial charge is 0.387 e. The molecule has 0 saturated heterocycles. The van der Waals surface area contributed by atoms with Crippen LogP contribution in [0.5, 0.6) is 0 Å². The Morgan fingerprint density at radius 1 is 1.25 bits per heavy atom. The van der Waals surface area contributed by atoms with Crippen LogP contribution in [0.1, 0.15) is 40.0 Å². The molecule has 2 N–H and O–H groups in total. The highest BCUT2D eigenvalue weighted by atomic mass is 16.4. The highest BCUT2D eigenvalue weighted by Gasteiger charge is 2.42. The lowest BCUT2D eigenvalue weighted by Crippen LogP contribution is -2.51. The van der Waals surface area contributed by atoms with Gasteiger partial charge in [-0.2, -0.15) is 5.26 Å². The van der Waals surface area contributed by atoms with Crippen LogP contribution in [0.15, 0.2) is 0 Å². The molecule has 0 aliphatic carbocycles. The second-order valence-electron chi connectivity index (χ2n) is 3.35. The van der Waals surface area contributed by atoms with Crippen LogP contribution in [-0.2, 0) is 0 Å². The topological polar surface area (TPSA) is 64.2 Å². The molecule has 70 valence electrons. The van der Waals surface area contributed by atoms with Crippen molar-refractivity contribution in [1.29, 1.82) is 5.26 Å². The zero-order valence-electron chi connectivity index (χ0n) is 7.96. The minimum absolute atomic E-state index is 0.0235. The minimum atomic E-state index is -1.27. The van der Waals surface area contributed by atoms with Crippen molar-refractivity contribution in [2.45, 2.75) is 51.2 Å². The summed E-state index contributed by atoms with van der Waals surface area (Å²) in [6, 6.07) is 1.89. The van der Waals surface area contributed by atoms with E-state index in [0.717, 1.165) is 0 Å². The molecule has 0 spiro atoms. The molecule has 1 unspecified atom stereocenters. The van der Waals surface area contributed by atoms with Gasteiger partial charge in [0.1, 0.15) is 5.60 Å². The second kappa shape index (κ2) is 3.88. The Morgan fingerprint density at radius 3 is 2.00 bits per heavy atom. The number of nitriles is 1. The third-order valence-electron chi connectivity index (χ3n) is 2.65. The Labute approximate surface area is 73.6 Å². The third kappa shape index (κ3) is 1.96. The molecule has 0 heterocycles. The maximum atomic E-state index is 9.88. The Morgan fingerprint density at radius 2 is 1.75 bits per heavy atom. The van der Waals surface area contributed by atoms with Gasteiger partial charge in [-0.3, -0.25) is 0 Å². The van der Waals surface area contributed by atoms with E-state index in [4.69, 9.17) is 5.26 Å². The molecule has 12 heavy (non-hydrogen) atoms. The quantitative estimate of drug-likeness (QED) is 0.668. The zero-order valence-corrected chi connectivity index (χ0v) is 7.96. The smallest absolute Gasteiger partial charge is 0.106 e. The van der Waals surface area contributed by atoms with E-state index in [1.165, 1.54) is 0 Å². The Kier molecular flexibility index (Phi) is 3.69. The highest BCUT2D eigenvalue weighted by Crippen LogP contribution is 2.31. The normalized spacial score (nSPS) is 20.7. The Balaban J connectivity index is 4.63. The summed E-state index contributed by atoms with van der Waals surface area (Å²) >= 11 is 0. The lowest BCUT2D eigenvalue weighted by molar-refractivity contribution is -0.142. The summed E-state index contributed by atoms with van der Waals surface area (Å²) in [7, 11) is 0. The molecule has 0 bridgehead atoms. The summed E-state index contributed by atoms with van der Waals surface area (Å²) in [6.07, 6.45) is 0.810. The predicted octanol–water partition coefficient (Wildman–Crippen LogP) is 1.20. The van der Waals surface area contributed by atoms with E-state index < -0.39 is 11.2 Å². The standard InChI is InChI=1S/C9H17NO2/c1-4-8(3,11)9(12,5-2)6-7-10/h11-12H,4-6H2,1-3H3/t8-,9?/m0/s1. The fraction of sp³-hybridized carbons (Fsp3) is 0.889. The van der Waals surface area contributed by atoms with Crippen molar-refractivity contribution in [2.24, 2.45) is 0 Å². The fourth-order valence-electron chi connectivity index (χ4n) is 1.16. The average molecular weight is 171 g/mol. The molecule has 0 aromatic carbocycles. The van der Waals surface area contributed by atoms with E-state index >= 15 is 0 Å². The van der Waals surface area contributed by atoms with E-state index in [-0.39, 0.29) is 6.42 Å². The molecule has 0 fully saturated rings.